The second-order valence-corrected chi connectivity index (χ2v) is 3.89. The average Bonchev–Trinajstić information content (AvgIpc) is 2.19. The number of hydrogen-bond acceptors (Lipinski definition) is 1. The lowest BCUT2D eigenvalue weighted by Crippen LogP contribution is -1.96. The highest BCUT2D eigenvalue weighted by molar-refractivity contribution is 6.18. The molecule has 0 bridgehead atoms. The van der Waals surface area contributed by atoms with Gasteiger partial charge in [0.25, 0.3) is 0 Å². The highest BCUT2D eigenvalue weighted by Gasteiger charge is 2.02. The Morgan fingerprint density at radius 1 is 0.933 bits per heavy atom. The maximum Gasteiger partial charge on any atom is 0.101 e. The topological polar surface area (TPSA) is 9.23 Å². The van der Waals surface area contributed by atoms with E-state index >= 15 is 0 Å². The van der Waals surface area contributed by atoms with Gasteiger partial charge in [-0.1, -0.05) is 13.8 Å². The number of hydrogen-bond donors (Lipinski definition) is 0. The molecule has 1 nitrogen and oxygen atoms in total. The van der Waals surface area contributed by atoms with Crippen molar-refractivity contribution >= 4 is 23.2 Å². The predicted octanol–water partition coefficient (Wildman–Crippen LogP) is 4.85. The fraction of sp³-hybridized carbons (Fsp3) is 0.667. The summed E-state index contributed by atoms with van der Waals surface area (Å²) >= 11 is 11.4. The minimum absolute atomic E-state index is 0.589. The van der Waals surface area contributed by atoms with Crippen LogP contribution < -0.4 is 0 Å². The van der Waals surface area contributed by atoms with Crippen LogP contribution in [0.1, 0.15) is 39.5 Å². The Morgan fingerprint density at radius 2 is 1.33 bits per heavy atom. The van der Waals surface area contributed by atoms with E-state index in [1.807, 2.05) is 0 Å². The third-order valence-electron chi connectivity index (χ3n) is 1.81. The molecule has 0 unspecified atom stereocenters. The van der Waals surface area contributed by atoms with Crippen molar-refractivity contribution in [3.8, 4) is 0 Å². The van der Waals surface area contributed by atoms with E-state index in [9.17, 15) is 0 Å². The van der Waals surface area contributed by atoms with Gasteiger partial charge in [0, 0.05) is 24.6 Å². The van der Waals surface area contributed by atoms with Crippen LogP contribution >= 0.6 is 23.2 Å². The lowest BCUT2D eigenvalue weighted by atomic mass is 10.3. The van der Waals surface area contributed by atoms with Crippen molar-refractivity contribution < 1.29 is 4.74 Å². The average molecular weight is 251 g/mol. The predicted molar refractivity (Wildman–Crippen MR) is 68.5 cm³/mol. The molecule has 0 aromatic carbocycles. The summed E-state index contributed by atoms with van der Waals surface area (Å²) in [5.41, 5.74) is 0. The van der Waals surface area contributed by atoms with Gasteiger partial charge >= 0.3 is 0 Å². The fourth-order valence-corrected chi connectivity index (χ4v) is 1.57. The van der Waals surface area contributed by atoms with Crippen molar-refractivity contribution in [3.05, 3.63) is 23.7 Å². The van der Waals surface area contributed by atoms with Gasteiger partial charge in [0.1, 0.15) is 11.5 Å². The molecule has 0 N–H and O–H groups in total. The Labute approximate surface area is 103 Å². The zero-order valence-corrected chi connectivity index (χ0v) is 11.1. The molecular formula is C12H20Cl2O. The molecule has 0 aliphatic heterocycles. The van der Waals surface area contributed by atoms with Gasteiger partial charge in [0.15, 0.2) is 0 Å². The molecule has 15 heavy (non-hydrogen) atoms. The van der Waals surface area contributed by atoms with Crippen molar-refractivity contribution in [1.82, 2.24) is 0 Å². The molecule has 0 aliphatic rings. The largest absolute Gasteiger partial charge is 0.467 e. The van der Waals surface area contributed by atoms with E-state index < -0.39 is 0 Å². The Bertz CT molecular complexity index is 188. The van der Waals surface area contributed by atoms with Gasteiger partial charge in [-0.15, -0.1) is 23.2 Å². The summed E-state index contributed by atoms with van der Waals surface area (Å²) in [6.07, 6.45) is 7.62. The Kier molecular flexibility index (Phi) is 10.3. The SMILES string of the molecule is CC/C=C(/CCCl)O/C(=C\CC)CCCl. The van der Waals surface area contributed by atoms with Crippen LogP contribution in [0, 0.1) is 0 Å². The summed E-state index contributed by atoms with van der Waals surface area (Å²) in [6.45, 7) is 4.17. The van der Waals surface area contributed by atoms with Crippen LogP contribution in [0.5, 0.6) is 0 Å². The summed E-state index contributed by atoms with van der Waals surface area (Å²) in [5.74, 6) is 3.09. The molecule has 3 heteroatoms. The molecule has 0 aromatic rings. The number of ether oxygens (including phenoxy) is 1. The normalized spacial score (nSPS) is 13.1. The zero-order valence-electron chi connectivity index (χ0n) is 9.56. The van der Waals surface area contributed by atoms with Crippen LogP contribution in [0.15, 0.2) is 23.7 Å². The molecule has 0 spiro atoms. The standard InChI is InChI=1S/C12H20Cl2O/c1-3-5-11(7-9-13)15-12(6-4-2)8-10-14/h5-6H,3-4,7-10H2,1-2H3/b11-5-,12-6-. The molecule has 0 radical (unpaired) electrons. The van der Waals surface area contributed by atoms with Crippen LogP contribution in [0.4, 0.5) is 0 Å². The second kappa shape index (κ2) is 10.4. The first kappa shape index (κ1) is 14.9. The van der Waals surface area contributed by atoms with Gasteiger partial charge in [0.2, 0.25) is 0 Å². The van der Waals surface area contributed by atoms with Crippen LogP contribution in [0.2, 0.25) is 0 Å². The Balaban J connectivity index is 4.32. The van der Waals surface area contributed by atoms with E-state index in [-0.39, 0.29) is 0 Å². The minimum Gasteiger partial charge on any atom is -0.467 e. The smallest absolute Gasteiger partial charge is 0.101 e. The van der Waals surface area contributed by atoms with Gasteiger partial charge in [0.05, 0.1) is 0 Å². The molecule has 0 saturated heterocycles. The molecule has 0 aliphatic carbocycles. The number of allylic oxidation sites excluding steroid dienone is 4. The first-order valence-corrected chi connectivity index (χ1v) is 6.53. The Morgan fingerprint density at radius 3 is 1.60 bits per heavy atom. The van der Waals surface area contributed by atoms with Crippen molar-refractivity contribution in [2.75, 3.05) is 11.8 Å². The Hall–Kier alpha value is -0.140. The summed E-state index contributed by atoms with van der Waals surface area (Å²) in [4.78, 5) is 0. The van der Waals surface area contributed by atoms with E-state index in [2.05, 4.69) is 26.0 Å². The van der Waals surface area contributed by atoms with Crippen LogP contribution in [-0.4, -0.2) is 11.8 Å². The maximum absolute atomic E-state index is 5.77. The summed E-state index contributed by atoms with van der Waals surface area (Å²) in [7, 11) is 0. The summed E-state index contributed by atoms with van der Waals surface area (Å²) in [5, 5.41) is 0. The van der Waals surface area contributed by atoms with Crippen molar-refractivity contribution in [2.45, 2.75) is 39.5 Å². The van der Waals surface area contributed by atoms with Gasteiger partial charge in [-0.2, -0.15) is 0 Å². The van der Waals surface area contributed by atoms with Gasteiger partial charge < -0.3 is 4.74 Å². The molecule has 0 heterocycles. The van der Waals surface area contributed by atoms with Crippen molar-refractivity contribution in [1.29, 1.82) is 0 Å². The van der Waals surface area contributed by atoms with E-state index in [4.69, 9.17) is 27.9 Å². The van der Waals surface area contributed by atoms with E-state index in [0.29, 0.717) is 11.8 Å². The molecule has 0 atom stereocenters. The van der Waals surface area contributed by atoms with E-state index in [0.717, 1.165) is 37.2 Å². The molecule has 0 aromatic heterocycles. The van der Waals surface area contributed by atoms with Crippen molar-refractivity contribution in [3.63, 3.8) is 0 Å². The highest BCUT2D eigenvalue weighted by Crippen LogP contribution is 2.16. The lowest BCUT2D eigenvalue weighted by Gasteiger charge is -2.11. The first-order chi connectivity index (χ1) is 7.28. The van der Waals surface area contributed by atoms with E-state index in [1.54, 1.807) is 0 Å². The van der Waals surface area contributed by atoms with Crippen LogP contribution in [0.25, 0.3) is 0 Å². The van der Waals surface area contributed by atoms with Gasteiger partial charge in [-0.3, -0.25) is 0 Å². The lowest BCUT2D eigenvalue weighted by molar-refractivity contribution is 0.281. The molecular weight excluding hydrogens is 231 g/mol. The summed E-state index contributed by atoms with van der Waals surface area (Å²) in [6, 6.07) is 0. The molecule has 0 saturated carbocycles. The summed E-state index contributed by atoms with van der Waals surface area (Å²) < 4.78 is 5.77. The third kappa shape index (κ3) is 7.75. The molecule has 88 valence electrons. The molecule has 0 fully saturated rings. The number of halogens is 2. The molecule has 0 rings (SSSR count). The van der Waals surface area contributed by atoms with Gasteiger partial charge in [-0.25, -0.2) is 0 Å². The first-order valence-electron chi connectivity index (χ1n) is 5.46. The number of alkyl halides is 2. The fourth-order valence-electron chi connectivity index (χ4n) is 1.20. The second-order valence-electron chi connectivity index (χ2n) is 3.14. The highest BCUT2D eigenvalue weighted by atomic mass is 35.5. The zero-order chi connectivity index (χ0) is 11.5. The van der Waals surface area contributed by atoms with Crippen LogP contribution in [-0.2, 0) is 4.74 Å². The van der Waals surface area contributed by atoms with Gasteiger partial charge in [-0.05, 0) is 25.0 Å². The maximum atomic E-state index is 5.77. The molecule has 0 amide bonds. The van der Waals surface area contributed by atoms with Crippen molar-refractivity contribution in [2.24, 2.45) is 0 Å². The van der Waals surface area contributed by atoms with E-state index in [1.165, 1.54) is 0 Å². The quantitative estimate of drug-likeness (QED) is 0.442. The number of rotatable bonds is 8. The third-order valence-corrected chi connectivity index (χ3v) is 2.19. The monoisotopic (exact) mass is 250 g/mol. The minimum atomic E-state index is 0.589. The van der Waals surface area contributed by atoms with Crippen LogP contribution in [0.3, 0.4) is 0 Å².